The van der Waals surface area contributed by atoms with E-state index < -0.39 is 0 Å². The fraction of sp³-hybridized carbons (Fsp3) is 0.150. The molecule has 0 unspecified atom stereocenters. The van der Waals surface area contributed by atoms with Crippen LogP contribution >= 0.6 is 0 Å². The summed E-state index contributed by atoms with van der Waals surface area (Å²) in [6.07, 6.45) is 5.62. The molecule has 0 aliphatic carbocycles. The Bertz CT molecular complexity index is 1300. The Balaban J connectivity index is 1.63. The number of hydrogen-bond acceptors (Lipinski definition) is 6. The molecule has 5 aromatic rings. The summed E-state index contributed by atoms with van der Waals surface area (Å²) in [6.45, 7) is 3.86. The fourth-order valence-electron chi connectivity index (χ4n) is 3.19. The summed E-state index contributed by atoms with van der Waals surface area (Å²) in [7, 11) is 1.65. The van der Waals surface area contributed by atoms with E-state index in [4.69, 9.17) is 4.74 Å². The molecule has 1 aromatic carbocycles. The molecular formula is C20H17N7O. The summed E-state index contributed by atoms with van der Waals surface area (Å²) in [5, 5.41) is 4.59. The van der Waals surface area contributed by atoms with Crippen molar-refractivity contribution in [1.82, 2.24) is 34.0 Å². The molecule has 0 amide bonds. The van der Waals surface area contributed by atoms with Gasteiger partial charge >= 0.3 is 0 Å². The second-order valence-electron chi connectivity index (χ2n) is 6.50. The van der Waals surface area contributed by atoms with Crippen LogP contribution in [-0.2, 0) is 0 Å². The van der Waals surface area contributed by atoms with Crippen LogP contribution in [0.4, 0.5) is 0 Å². The van der Waals surface area contributed by atoms with E-state index in [1.165, 1.54) is 0 Å². The lowest BCUT2D eigenvalue weighted by atomic mass is 10.1. The zero-order chi connectivity index (χ0) is 19.3. The van der Waals surface area contributed by atoms with Gasteiger partial charge in [-0.2, -0.15) is 0 Å². The standard InChI is InChI=1S/C20H17N7O/c1-12-10-21-13(2)19-24-18(25-27(12)19)15-8-9-26-11-16(23-20(26)22-15)14-6-4-5-7-17(14)28-3/h4-11H,1-3H3. The van der Waals surface area contributed by atoms with Gasteiger partial charge in [-0.1, -0.05) is 12.1 Å². The smallest absolute Gasteiger partial charge is 0.234 e. The molecule has 0 aliphatic heterocycles. The summed E-state index contributed by atoms with van der Waals surface area (Å²) >= 11 is 0. The number of imidazole rings is 1. The third kappa shape index (κ3) is 2.50. The highest BCUT2D eigenvalue weighted by Crippen LogP contribution is 2.29. The number of aromatic nitrogens is 7. The molecule has 0 saturated heterocycles. The predicted molar refractivity (Wildman–Crippen MR) is 104 cm³/mol. The van der Waals surface area contributed by atoms with E-state index in [-0.39, 0.29) is 0 Å². The molecule has 0 fully saturated rings. The Morgan fingerprint density at radius 3 is 2.61 bits per heavy atom. The maximum absolute atomic E-state index is 5.45. The van der Waals surface area contributed by atoms with Crippen molar-refractivity contribution in [1.29, 1.82) is 0 Å². The maximum Gasteiger partial charge on any atom is 0.234 e. The summed E-state index contributed by atoms with van der Waals surface area (Å²) in [6, 6.07) is 9.66. The average Bonchev–Trinajstić information content (AvgIpc) is 3.35. The van der Waals surface area contributed by atoms with Crippen molar-refractivity contribution in [2.75, 3.05) is 7.11 Å². The number of fused-ring (bicyclic) bond motifs is 2. The van der Waals surface area contributed by atoms with Crippen LogP contribution in [0.3, 0.4) is 0 Å². The molecule has 0 saturated carbocycles. The molecular weight excluding hydrogens is 354 g/mol. The van der Waals surface area contributed by atoms with Crippen molar-refractivity contribution < 1.29 is 4.74 Å². The summed E-state index contributed by atoms with van der Waals surface area (Å²) in [5.74, 6) is 1.89. The van der Waals surface area contributed by atoms with E-state index in [0.29, 0.717) is 17.3 Å². The zero-order valence-corrected chi connectivity index (χ0v) is 15.7. The first-order valence-electron chi connectivity index (χ1n) is 8.82. The second kappa shape index (κ2) is 6.12. The molecule has 8 heteroatoms. The van der Waals surface area contributed by atoms with Crippen molar-refractivity contribution in [2.45, 2.75) is 13.8 Å². The zero-order valence-electron chi connectivity index (χ0n) is 15.7. The Morgan fingerprint density at radius 1 is 0.964 bits per heavy atom. The Kier molecular flexibility index (Phi) is 3.58. The fourth-order valence-corrected chi connectivity index (χ4v) is 3.19. The molecule has 0 bridgehead atoms. The molecule has 28 heavy (non-hydrogen) atoms. The molecule has 0 N–H and O–H groups in total. The molecule has 5 rings (SSSR count). The van der Waals surface area contributed by atoms with Crippen molar-refractivity contribution >= 4 is 11.4 Å². The van der Waals surface area contributed by atoms with Gasteiger partial charge in [0, 0.05) is 24.2 Å². The molecule has 8 nitrogen and oxygen atoms in total. The van der Waals surface area contributed by atoms with Crippen LogP contribution in [-0.4, -0.2) is 41.1 Å². The third-order valence-corrected chi connectivity index (χ3v) is 4.65. The van der Waals surface area contributed by atoms with Gasteiger partial charge in [0.15, 0.2) is 5.65 Å². The lowest BCUT2D eigenvalue weighted by molar-refractivity contribution is 0.416. The summed E-state index contributed by atoms with van der Waals surface area (Å²) in [4.78, 5) is 18.3. The van der Waals surface area contributed by atoms with Gasteiger partial charge in [-0.05, 0) is 32.0 Å². The molecule has 4 aromatic heterocycles. The summed E-state index contributed by atoms with van der Waals surface area (Å²) in [5.41, 5.74) is 4.84. The molecule has 0 atom stereocenters. The molecule has 4 heterocycles. The van der Waals surface area contributed by atoms with Crippen LogP contribution in [0.2, 0.25) is 0 Å². The van der Waals surface area contributed by atoms with Gasteiger partial charge in [-0.25, -0.2) is 19.5 Å². The molecule has 0 spiro atoms. The number of benzene rings is 1. The van der Waals surface area contributed by atoms with Gasteiger partial charge in [-0.3, -0.25) is 9.38 Å². The normalized spacial score (nSPS) is 11.4. The minimum absolute atomic E-state index is 0.545. The molecule has 0 aliphatic rings. The average molecular weight is 371 g/mol. The molecule has 138 valence electrons. The number of nitrogens with zero attached hydrogens (tertiary/aromatic N) is 7. The third-order valence-electron chi connectivity index (χ3n) is 4.65. The van der Waals surface area contributed by atoms with E-state index in [2.05, 4.69) is 25.0 Å². The number of hydrogen-bond donors (Lipinski definition) is 0. The first-order chi connectivity index (χ1) is 13.6. The first kappa shape index (κ1) is 16.4. The van der Waals surface area contributed by atoms with Gasteiger partial charge in [0.25, 0.3) is 0 Å². The highest BCUT2D eigenvalue weighted by atomic mass is 16.5. The topological polar surface area (TPSA) is 82.5 Å². The SMILES string of the molecule is COc1ccccc1-c1cn2ccc(-c3nc4c(C)ncc(C)n4n3)nc2n1. The van der Waals surface area contributed by atoms with Crippen LogP contribution in [0.25, 0.3) is 34.2 Å². The predicted octanol–water partition coefficient (Wildman–Crippen LogP) is 3.13. The number of methoxy groups -OCH3 is 1. The number of rotatable bonds is 3. The van der Waals surface area contributed by atoms with Crippen molar-refractivity contribution in [2.24, 2.45) is 0 Å². The van der Waals surface area contributed by atoms with Gasteiger partial charge in [0.05, 0.1) is 24.2 Å². The van der Waals surface area contributed by atoms with Crippen molar-refractivity contribution in [3.05, 3.63) is 60.3 Å². The number of aryl methyl sites for hydroxylation is 2. The van der Waals surface area contributed by atoms with Gasteiger partial charge in [-0.15, -0.1) is 5.10 Å². The second-order valence-corrected chi connectivity index (χ2v) is 6.50. The highest BCUT2D eigenvalue weighted by Gasteiger charge is 2.14. The minimum Gasteiger partial charge on any atom is -0.496 e. The van der Waals surface area contributed by atoms with E-state index in [9.17, 15) is 0 Å². The van der Waals surface area contributed by atoms with Crippen LogP contribution in [0.5, 0.6) is 5.75 Å². The Hall–Kier alpha value is -3.81. The van der Waals surface area contributed by atoms with Gasteiger partial charge in [0.2, 0.25) is 11.6 Å². The van der Waals surface area contributed by atoms with E-state index in [0.717, 1.165) is 34.0 Å². The van der Waals surface area contributed by atoms with Crippen LogP contribution in [0.1, 0.15) is 11.4 Å². The van der Waals surface area contributed by atoms with Crippen molar-refractivity contribution in [3.8, 4) is 28.5 Å². The summed E-state index contributed by atoms with van der Waals surface area (Å²) < 4.78 is 9.11. The molecule has 0 radical (unpaired) electrons. The van der Waals surface area contributed by atoms with Crippen molar-refractivity contribution in [3.63, 3.8) is 0 Å². The number of ether oxygens (including phenoxy) is 1. The monoisotopic (exact) mass is 371 g/mol. The first-order valence-corrected chi connectivity index (χ1v) is 8.82. The van der Waals surface area contributed by atoms with Gasteiger partial charge in [0.1, 0.15) is 11.4 Å². The van der Waals surface area contributed by atoms with Crippen LogP contribution < -0.4 is 4.74 Å². The lowest BCUT2D eigenvalue weighted by Crippen LogP contribution is -1.97. The van der Waals surface area contributed by atoms with Gasteiger partial charge < -0.3 is 4.74 Å². The minimum atomic E-state index is 0.545. The Labute approximate surface area is 160 Å². The van der Waals surface area contributed by atoms with E-state index in [1.54, 1.807) is 17.8 Å². The van der Waals surface area contributed by atoms with E-state index in [1.807, 2.05) is 61.0 Å². The van der Waals surface area contributed by atoms with E-state index >= 15 is 0 Å². The quantitative estimate of drug-likeness (QED) is 0.485. The lowest BCUT2D eigenvalue weighted by Gasteiger charge is -2.04. The largest absolute Gasteiger partial charge is 0.496 e. The maximum atomic E-state index is 5.45. The van der Waals surface area contributed by atoms with Crippen LogP contribution in [0.15, 0.2) is 48.9 Å². The Morgan fingerprint density at radius 2 is 1.79 bits per heavy atom. The van der Waals surface area contributed by atoms with Crippen LogP contribution in [0, 0.1) is 13.8 Å². The highest BCUT2D eigenvalue weighted by molar-refractivity contribution is 5.69. The number of para-hydroxylation sites is 1.